The maximum Gasteiger partial charge on any atom is 0.254 e. The van der Waals surface area contributed by atoms with Crippen LogP contribution in [0.4, 0.5) is 0 Å². The lowest BCUT2D eigenvalue weighted by Crippen LogP contribution is -2.39. The highest BCUT2D eigenvalue weighted by atomic mass is 16.5. The van der Waals surface area contributed by atoms with Crippen molar-refractivity contribution < 1.29 is 9.53 Å². The lowest BCUT2D eigenvalue weighted by molar-refractivity contribution is 0.0635. The summed E-state index contributed by atoms with van der Waals surface area (Å²) >= 11 is 0. The Morgan fingerprint density at radius 1 is 1.38 bits per heavy atom. The summed E-state index contributed by atoms with van der Waals surface area (Å²) in [5, 5.41) is 0. The zero-order chi connectivity index (χ0) is 15.8. The zero-order valence-corrected chi connectivity index (χ0v) is 13.3. The van der Waals surface area contributed by atoms with E-state index < -0.39 is 0 Å². The van der Waals surface area contributed by atoms with Crippen LogP contribution in [0.5, 0.6) is 0 Å². The van der Waals surface area contributed by atoms with Crippen LogP contribution in [0.15, 0.2) is 18.2 Å². The number of ether oxygens (including phenoxy) is 1. The molecule has 0 heterocycles. The molecule has 114 valence electrons. The maximum absolute atomic E-state index is 12.7. The Balaban J connectivity index is 3.06. The molecule has 0 aliphatic rings. The average Bonchev–Trinajstić information content (AvgIpc) is 2.44. The number of aryl methyl sites for hydroxylation is 1. The van der Waals surface area contributed by atoms with Crippen LogP contribution in [-0.2, 0) is 4.74 Å². The number of methoxy groups -OCH3 is 1. The molecule has 21 heavy (non-hydrogen) atoms. The van der Waals surface area contributed by atoms with E-state index in [4.69, 9.17) is 10.5 Å². The van der Waals surface area contributed by atoms with Gasteiger partial charge in [0.15, 0.2) is 0 Å². The molecule has 0 spiro atoms. The van der Waals surface area contributed by atoms with Crippen molar-refractivity contribution in [3.05, 3.63) is 34.9 Å². The van der Waals surface area contributed by atoms with Gasteiger partial charge in [0.2, 0.25) is 0 Å². The van der Waals surface area contributed by atoms with Gasteiger partial charge in [-0.3, -0.25) is 4.79 Å². The Labute approximate surface area is 127 Å². The smallest absolute Gasteiger partial charge is 0.254 e. The van der Waals surface area contributed by atoms with Crippen molar-refractivity contribution in [1.29, 1.82) is 0 Å². The number of rotatable bonds is 5. The van der Waals surface area contributed by atoms with E-state index in [0.717, 1.165) is 11.1 Å². The summed E-state index contributed by atoms with van der Waals surface area (Å²) in [7, 11) is 1.64. The number of nitrogens with zero attached hydrogens (tertiary/aromatic N) is 1. The summed E-state index contributed by atoms with van der Waals surface area (Å²) in [6.45, 7) is 7.36. The van der Waals surface area contributed by atoms with Gasteiger partial charge in [-0.1, -0.05) is 11.8 Å². The van der Waals surface area contributed by atoms with Crippen molar-refractivity contribution in [3.63, 3.8) is 0 Å². The number of carbonyl (C=O) groups excluding carboxylic acids is 1. The lowest BCUT2D eigenvalue weighted by Gasteiger charge is -2.26. The first-order valence-corrected chi connectivity index (χ1v) is 7.10. The molecule has 1 rings (SSSR count). The number of carbonyl (C=O) groups is 1. The number of hydrogen-bond donors (Lipinski definition) is 1. The van der Waals surface area contributed by atoms with Gasteiger partial charge < -0.3 is 15.4 Å². The topological polar surface area (TPSA) is 55.6 Å². The Hall–Kier alpha value is -1.83. The molecule has 2 N–H and O–H groups in total. The second-order valence-electron chi connectivity index (χ2n) is 5.18. The van der Waals surface area contributed by atoms with Gasteiger partial charge in [-0.05, 0) is 44.5 Å². The van der Waals surface area contributed by atoms with E-state index in [1.807, 2.05) is 39.0 Å². The molecule has 0 fully saturated rings. The molecule has 0 aliphatic heterocycles. The molecule has 4 nitrogen and oxygen atoms in total. The number of benzene rings is 1. The largest absolute Gasteiger partial charge is 0.383 e. The molecule has 0 saturated carbocycles. The number of nitrogens with two attached hydrogens (primary N) is 1. The second-order valence-corrected chi connectivity index (χ2v) is 5.18. The fourth-order valence-corrected chi connectivity index (χ4v) is 2.08. The molecule has 1 aromatic carbocycles. The summed E-state index contributed by atoms with van der Waals surface area (Å²) in [5.74, 6) is 5.80. The highest BCUT2D eigenvalue weighted by molar-refractivity contribution is 5.95. The second kappa shape index (κ2) is 8.46. The van der Waals surface area contributed by atoms with E-state index in [9.17, 15) is 4.79 Å². The van der Waals surface area contributed by atoms with Gasteiger partial charge in [0.05, 0.1) is 13.2 Å². The van der Waals surface area contributed by atoms with Crippen LogP contribution in [0.25, 0.3) is 0 Å². The van der Waals surface area contributed by atoms with Crippen molar-refractivity contribution in [2.45, 2.75) is 26.8 Å². The minimum atomic E-state index is 0.00143. The quantitative estimate of drug-likeness (QED) is 0.841. The van der Waals surface area contributed by atoms with Crippen LogP contribution in [-0.4, -0.2) is 43.7 Å². The Bertz CT molecular complexity index is 541. The molecule has 0 saturated heterocycles. The standard InChI is InChI=1S/C17H24N2O2/c1-13(2)19(8-9-21-4)17(20)16-11-14(3)10-15(12-16)6-5-7-18/h10-13H,7-9,18H2,1-4H3. The van der Waals surface area contributed by atoms with E-state index in [1.165, 1.54) is 0 Å². The molecule has 0 radical (unpaired) electrons. The highest BCUT2D eigenvalue weighted by Crippen LogP contribution is 2.13. The molecule has 1 amide bonds. The number of hydrogen-bond acceptors (Lipinski definition) is 3. The fraction of sp³-hybridized carbons (Fsp3) is 0.471. The summed E-state index contributed by atoms with van der Waals surface area (Å²) < 4.78 is 5.08. The van der Waals surface area contributed by atoms with Crippen LogP contribution in [0.1, 0.15) is 35.3 Å². The van der Waals surface area contributed by atoms with Gasteiger partial charge in [-0.2, -0.15) is 0 Å². The van der Waals surface area contributed by atoms with Crippen molar-refractivity contribution in [2.24, 2.45) is 5.73 Å². The first-order chi connectivity index (χ1) is 9.99. The van der Waals surface area contributed by atoms with Crippen LogP contribution in [0.2, 0.25) is 0 Å². The molecule has 0 aromatic heterocycles. The minimum Gasteiger partial charge on any atom is -0.383 e. The SMILES string of the molecule is COCCN(C(=O)c1cc(C)cc(C#CCN)c1)C(C)C. The third kappa shape index (κ3) is 5.22. The van der Waals surface area contributed by atoms with Crippen molar-refractivity contribution in [1.82, 2.24) is 4.90 Å². The minimum absolute atomic E-state index is 0.00143. The molecule has 4 heteroatoms. The fourth-order valence-electron chi connectivity index (χ4n) is 2.08. The molecular formula is C17H24N2O2. The van der Waals surface area contributed by atoms with Gasteiger partial charge in [0.25, 0.3) is 5.91 Å². The summed E-state index contributed by atoms with van der Waals surface area (Å²) in [5.41, 5.74) is 7.88. The molecule has 0 aliphatic carbocycles. The number of amides is 1. The lowest BCUT2D eigenvalue weighted by atomic mass is 10.0. The van der Waals surface area contributed by atoms with Crippen LogP contribution in [0, 0.1) is 18.8 Å². The predicted molar refractivity (Wildman–Crippen MR) is 85.2 cm³/mol. The Morgan fingerprint density at radius 2 is 2.10 bits per heavy atom. The van der Waals surface area contributed by atoms with Gasteiger partial charge >= 0.3 is 0 Å². The van der Waals surface area contributed by atoms with Gasteiger partial charge in [0.1, 0.15) is 0 Å². The first-order valence-electron chi connectivity index (χ1n) is 7.10. The van der Waals surface area contributed by atoms with Crippen molar-refractivity contribution >= 4 is 5.91 Å². The Kier molecular flexibility index (Phi) is 6.93. The summed E-state index contributed by atoms with van der Waals surface area (Å²) in [6, 6.07) is 5.78. The van der Waals surface area contributed by atoms with Gasteiger partial charge in [-0.15, -0.1) is 0 Å². The third-order valence-electron chi connectivity index (χ3n) is 3.08. The first kappa shape index (κ1) is 17.2. The van der Waals surface area contributed by atoms with Crippen LogP contribution < -0.4 is 5.73 Å². The zero-order valence-electron chi connectivity index (χ0n) is 13.3. The third-order valence-corrected chi connectivity index (χ3v) is 3.08. The van der Waals surface area contributed by atoms with Crippen LogP contribution >= 0.6 is 0 Å². The van der Waals surface area contributed by atoms with E-state index in [-0.39, 0.29) is 11.9 Å². The Morgan fingerprint density at radius 3 is 2.67 bits per heavy atom. The average molecular weight is 288 g/mol. The predicted octanol–water partition coefficient (Wildman–Crippen LogP) is 1.80. The van der Waals surface area contributed by atoms with Crippen LogP contribution in [0.3, 0.4) is 0 Å². The summed E-state index contributed by atoms with van der Waals surface area (Å²) in [4.78, 5) is 14.5. The van der Waals surface area contributed by atoms with E-state index >= 15 is 0 Å². The summed E-state index contributed by atoms with van der Waals surface area (Å²) in [6.07, 6.45) is 0. The molecular weight excluding hydrogens is 264 g/mol. The molecule has 0 bridgehead atoms. The maximum atomic E-state index is 12.7. The van der Waals surface area contributed by atoms with E-state index in [1.54, 1.807) is 12.0 Å². The van der Waals surface area contributed by atoms with Crippen molar-refractivity contribution in [3.8, 4) is 11.8 Å². The molecule has 1 aromatic rings. The molecule has 0 atom stereocenters. The highest BCUT2D eigenvalue weighted by Gasteiger charge is 2.18. The van der Waals surface area contributed by atoms with Crippen molar-refractivity contribution in [2.75, 3.05) is 26.8 Å². The van der Waals surface area contributed by atoms with E-state index in [2.05, 4.69) is 11.8 Å². The normalized spacial score (nSPS) is 10.2. The monoisotopic (exact) mass is 288 g/mol. The molecule has 0 unspecified atom stereocenters. The van der Waals surface area contributed by atoms with E-state index in [0.29, 0.717) is 25.3 Å². The van der Waals surface area contributed by atoms with Gasteiger partial charge in [0, 0.05) is 30.8 Å². The van der Waals surface area contributed by atoms with Gasteiger partial charge in [-0.25, -0.2) is 0 Å².